The molecule has 2 fully saturated rings. The van der Waals surface area contributed by atoms with Crippen LogP contribution in [0.25, 0.3) is 11.4 Å². The second kappa shape index (κ2) is 11.4. The highest BCUT2D eigenvalue weighted by atomic mass is 32.2. The first kappa shape index (κ1) is 25.4. The molecule has 5 heterocycles. The molecule has 38 heavy (non-hydrogen) atoms. The number of nitrogens with zero attached hydrogens (tertiary/aromatic N) is 6. The smallest absolute Gasteiger partial charge is 0.208 e. The lowest BCUT2D eigenvalue weighted by Gasteiger charge is -2.30. The van der Waals surface area contributed by atoms with Crippen molar-refractivity contribution in [2.75, 3.05) is 35.4 Å². The molecule has 3 aliphatic rings. The Hall–Kier alpha value is -2.93. The second-order valence-electron chi connectivity index (χ2n) is 9.95. The maximum Gasteiger partial charge on any atom is 0.208 e. The highest BCUT2D eigenvalue weighted by Crippen LogP contribution is 2.38. The van der Waals surface area contributed by atoms with Gasteiger partial charge in [0.15, 0.2) is 12.1 Å². The van der Waals surface area contributed by atoms with Crippen molar-refractivity contribution in [1.82, 2.24) is 24.1 Å². The number of aromatic nitrogens is 5. The van der Waals surface area contributed by atoms with E-state index >= 15 is 0 Å². The number of ether oxygens (including phenoxy) is 3. The summed E-state index contributed by atoms with van der Waals surface area (Å²) in [5.41, 5.74) is 2.83. The van der Waals surface area contributed by atoms with Gasteiger partial charge in [0, 0.05) is 36.4 Å². The summed E-state index contributed by atoms with van der Waals surface area (Å²) in [6, 6.07) is 4.06. The van der Waals surface area contributed by atoms with Gasteiger partial charge in [-0.15, -0.1) is 0 Å². The molecule has 1 saturated heterocycles. The maximum atomic E-state index is 6.16. The Morgan fingerprint density at radius 2 is 2.03 bits per heavy atom. The van der Waals surface area contributed by atoms with Crippen LogP contribution < -0.4 is 15.5 Å². The molecule has 2 atom stereocenters. The molecule has 2 N–H and O–H groups in total. The van der Waals surface area contributed by atoms with Crippen LogP contribution in [0.1, 0.15) is 46.0 Å². The van der Waals surface area contributed by atoms with Crippen molar-refractivity contribution in [3.05, 3.63) is 36.9 Å². The molecular formula is C26H34N8O3S. The van der Waals surface area contributed by atoms with Crippen molar-refractivity contribution in [2.24, 2.45) is 0 Å². The normalized spacial score (nSPS) is 21.0. The zero-order chi connectivity index (χ0) is 25.9. The molecular weight excluding hydrogens is 504 g/mol. The van der Waals surface area contributed by atoms with Crippen molar-refractivity contribution >= 4 is 35.0 Å². The zero-order valence-corrected chi connectivity index (χ0v) is 22.6. The summed E-state index contributed by atoms with van der Waals surface area (Å²) >= 11 is 1.75. The van der Waals surface area contributed by atoms with Crippen LogP contribution >= 0.6 is 11.9 Å². The number of hydrogen-bond acceptors (Lipinski definition) is 11. The molecule has 202 valence electrons. The fourth-order valence-corrected chi connectivity index (χ4v) is 5.45. The van der Waals surface area contributed by atoms with E-state index in [1.807, 2.05) is 34.8 Å². The Morgan fingerprint density at radius 1 is 1.13 bits per heavy atom. The van der Waals surface area contributed by atoms with Gasteiger partial charge >= 0.3 is 0 Å². The Bertz CT molecular complexity index is 1230. The molecule has 3 aromatic heterocycles. The lowest BCUT2D eigenvalue weighted by atomic mass is 10.2. The Balaban J connectivity index is 1.09. The monoisotopic (exact) mass is 538 g/mol. The van der Waals surface area contributed by atoms with Crippen molar-refractivity contribution < 1.29 is 14.2 Å². The SMILES string of the molecule is CC(C)N1c2cc(Nc3ccnc(-c4cnn(SC5CC5)c4)n3)ncc2NC1OCCOC1CCCCO1. The van der Waals surface area contributed by atoms with Crippen LogP contribution in [0.15, 0.2) is 36.9 Å². The highest BCUT2D eigenvalue weighted by molar-refractivity contribution is 7.98. The number of rotatable bonds is 11. The number of fused-ring (bicyclic) bond motifs is 1. The largest absolute Gasteiger partial charge is 0.353 e. The Labute approximate surface area is 226 Å². The molecule has 0 aromatic carbocycles. The lowest BCUT2D eigenvalue weighted by molar-refractivity contribution is -0.170. The maximum absolute atomic E-state index is 6.16. The minimum Gasteiger partial charge on any atom is -0.353 e. The van der Waals surface area contributed by atoms with Gasteiger partial charge in [0.25, 0.3) is 0 Å². The molecule has 2 aliphatic heterocycles. The summed E-state index contributed by atoms with van der Waals surface area (Å²) in [5.74, 6) is 1.99. The first-order chi connectivity index (χ1) is 18.6. The van der Waals surface area contributed by atoms with E-state index in [1.165, 1.54) is 12.8 Å². The molecule has 11 nitrogen and oxygen atoms in total. The predicted molar refractivity (Wildman–Crippen MR) is 147 cm³/mol. The van der Waals surface area contributed by atoms with Gasteiger partial charge < -0.3 is 29.7 Å². The highest BCUT2D eigenvalue weighted by Gasteiger charge is 2.32. The molecule has 3 aromatic rings. The molecule has 1 aliphatic carbocycles. The molecule has 0 amide bonds. The Kier molecular flexibility index (Phi) is 7.63. The van der Waals surface area contributed by atoms with Gasteiger partial charge in [-0.2, -0.15) is 5.10 Å². The first-order valence-electron chi connectivity index (χ1n) is 13.3. The van der Waals surface area contributed by atoms with E-state index in [1.54, 1.807) is 18.1 Å². The quantitative estimate of drug-likeness (QED) is 0.334. The van der Waals surface area contributed by atoms with Crippen LogP contribution in [0.3, 0.4) is 0 Å². The number of pyridine rings is 1. The topological polar surface area (TPSA) is 111 Å². The summed E-state index contributed by atoms with van der Waals surface area (Å²) in [7, 11) is 0. The fraction of sp³-hybridized carbons (Fsp3) is 0.538. The second-order valence-corrected chi connectivity index (χ2v) is 11.2. The van der Waals surface area contributed by atoms with E-state index in [-0.39, 0.29) is 18.7 Å². The third kappa shape index (κ3) is 6.04. The summed E-state index contributed by atoms with van der Waals surface area (Å²) in [4.78, 5) is 15.9. The summed E-state index contributed by atoms with van der Waals surface area (Å²) in [6.07, 6.45) is 12.7. The van der Waals surface area contributed by atoms with Gasteiger partial charge in [-0.25, -0.2) is 19.0 Å². The summed E-state index contributed by atoms with van der Waals surface area (Å²) in [5, 5.41) is 11.9. The number of anilines is 4. The average Bonchev–Trinajstić information content (AvgIpc) is 3.48. The van der Waals surface area contributed by atoms with Crippen molar-refractivity contribution in [3.63, 3.8) is 0 Å². The molecule has 0 radical (unpaired) electrons. The van der Waals surface area contributed by atoms with Crippen LogP contribution in [-0.4, -0.2) is 67.9 Å². The van der Waals surface area contributed by atoms with Gasteiger partial charge in [0.05, 0.1) is 42.5 Å². The van der Waals surface area contributed by atoms with Crippen molar-refractivity contribution in [2.45, 2.75) is 69.9 Å². The molecule has 1 saturated carbocycles. The zero-order valence-electron chi connectivity index (χ0n) is 21.7. The van der Waals surface area contributed by atoms with E-state index in [2.05, 4.69) is 44.4 Å². The van der Waals surface area contributed by atoms with Crippen LogP contribution in [0.4, 0.5) is 23.0 Å². The molecule has 0 spiro atoms. The number of nitrogens with one attached hydrogen (secondary N) is 2. The lowest BCUT2D eigenvalue weighted by Crippen LogP contribution is -2.43. The summed E-state index contributed by atoms with van der Waals surface area (Å²) in [6.45, 7) is 6.02. The van der Waals surface area contributed by atoms with Gasteiger partial charge in [0.1, 0.15) is 11.6 Å². The van der Waals surface area contributed by atoms with E-state index in [0.717, 1.165) is 42.8 Å². The summed E-state index contributed by atoms with van der Waals surface area (Å²) < 4.78 is 19.5. The van der Waals surface area contributed by atoms with Crippen LogP contribution in [0.5, 0.6) is 0 Å². The molecule has 0 bridgehead atoms. The van der Waals surface area contributed by atoms with Crippen LogP contribution in [0.2, 0.25) is 0 Å². The fourth-order valence-electron chi connectivity index (χ4n) is 4.52. The van der Waals surface area contributed by atoms with E-state index in [4.69, 9.17) is 19.2 Å². The molecule has 6 rings (SSSR count). The third-order valence-corrected chi connectivity index (χ3v) is 7.75. The molecule has 2 unspecified atom stereocenters. The standard InChI is InChI=1S/C26H34N8O3S/c1-17(2)34-21-13-23(28-15-20(21)30-26(34)37-12-11-36-24-5-3-4-10-35-24)31-22-8-9-27-25(32-22)18-14-29-33(16-18)38-19-6-7-19/h8-9,13-17,19,24,26,30H,3-7,10-12H2,1-2H3,(H,27,28,31,32). The van der Waals surface area contributed by atoms with Crippen molar-refractivity contribution in [1.29, 1.82) is 0 Å². The van der Waals surface area contributed by atoms with Gasteiger partial charge in [-0.1, -0.05) is 0 Å². The predicted octanol–water partition coefficient (Wildman–Crippen LogP) is 4.62. The minimum absolute atomic E-state index is 0.111. The van der Waals surface area contributed by atoms with Gasteiger partial charge in [-0.3, -0.25) is 0 Å². The van der Waals surface area contributed by atoms with Crippen LogP contribution in [0, 0.1) is 0 Å². The number of hydrogen-bond donors (Lipinski definition) is 2. The Morgan fingerprint density at radius 3 is 2.84 bits per heavy atom. The van der Waals surface area contributed by atoms with Gasteiger partial charge in [-0.05, 0) is 64.0 Å². The van der Waals surface area contributed by atoms with E-state index < -0.39 is 0 Å². The van der Waals surface area contributed by atoms with E-state index in [0.29, 0.717) is 35.9 Å². The minimum atomic E-state index is -0.298. The van der Waals surface area contributed by atoms with Gasteiger partial charge in [0.2, 0.25) is 6.35 Å². The van der Waals surface area contributed by atoms with E-state index in [9.17, 15) is 0 Å². The first-order valence-corrected chi connectivity index (χ1v) is 14.2. The molecule has 12 heteroatoms. The average molecular weight is 539 g/mol. The third-order valence-electron chi connectivity index (χ3n) is 6.56. The van der Waals surface area contributed by atoms with Crippen LogP contribution in [-0.2, 0) is 14.2 Å². The van der Waals surface area contributed by atoms with Crippen molar-refractivity contribution in [3.8, 4) is 11.4 Å².